The molecule has 0 aromatic heterocycles. The van der Waals surface area contributed by atoms with Crippen molar-refractivity contribution in [2.75, 3.05) is 13.2 Å². The molecule has 0 saturated carbocycles. The molecule has 0 amide bonds. The summed E-state index contributed by atoms with van der Waals surface area (Å²) in [5.41, 5.74) is 0. The Morgan fingerprint density at radius 3 is 0.765 bits per heavy atom. The summed E-state index contributed by atoms with van der Waals surface area (Å²) in [6, 6.07) is 0. The molecule has 0 aromatic rings. The molecule has 0 aliphatic carbocycles. The molecule has 6 heteroatoms. The minimum Gasteiger partial charge on any atom is -0.462 e. The van der Waals surface area contributed by atoms with E-state index in [1.807, 2.05) is 0 Å². The van der Waals surface area contributed by atoms with Crippen LogP contribution in [0, 0.1) is 0 Å². The summed E-state index contributed by atoms with van der Waals surface area (Å²) in [7, 11) is 0. The lowest BCUT2D eigenvalue weighted by molar-refractivity contribution is -0.167. The van der Waals surface area contributed by atoms with Gasteiger partial charge in [-0.15, -0.1) is 0 Å². The Bertz CT molecular complexity index is 1440. The van der Waals surface area contributed by atoms with Crippen molar-refractivity contribution >= 4 is 17.9 Å². The predicted octanol–water partition coefficient (Wildman–Crippen LogP) is 24.7. The molecule has 0 aliphatic heterocycles. The Morgan fingerprint density at radius 2 is 0.481 bits per heavy atom. The van der Waals surface area contributed by atoms with Gasteiger partial charge in [0, 0.05) is 19.3 Å². The second-order valence-corrected chi connectivity index (χ2v) is 24.1. The number of esters is 3. The summed E-state index contributed by atoms with van der Waals surface area (Å²) in [6.07, 6.45) is 89.7. The maximum absolute atomic E-state index is 12.9. The predicted molar refractivity (Wildman–Crippen MR) is 353 cm³/mol. The standard InChI is InChI=1S/C75H136O6/c1-4-7-10-13-16-19-22-25-28-30-32-33-34-35-36-37-38-39-40-41-42-43-44-46-47-50-53-56-59-62-65-68-74(77)80-71-72(70-79-73(76)67-64-61-58-55-52-49-27-24-21-18-15-12-9-6-3)81-75(78)69-66-63-60-57-54-51-48-45-31-29-26-23-20-17-14-11-8-5-2/h7,10,16,19,25,28-29,31-33,72H,4-6,8-9,11-15,17-18,20-24,26-27,30,34-71H2,1-3H3/b10-7-,19-16-,28-25-,31-29-,33-32-. The van der Waals surface area contributed by atoms with Crippen molar-refractivity contribution in [3.8, 4) is 0 Å². The molecule has 0 N–H and O–H groups in total. The Kier molecular flexibility index (Phi) is 67.1. The minimum absolute atomic E-state index is 0.0694. The van der Waals surface area contributed by atoms with Gasteiger partial charge >= 0.3 is 17.9 Å². The van der Waals surface area contributed by atoms with Crippen molar-refractivity contribution in [2.24, 2.45) is 0 Å². The van der Waals surface area contributed by atoms with Gasteiger partial charge in [0.1, 0.15) is 13.2 Å². The van der Waals surface area contributed by atoms with Gasteiger partial charge in [0.2, 0.25) is 0 Å². The molecular formula is C75H136O6. The number of unbranched alkanes of at least 4 members (excludes halogenated alkanes) is 45. The van der Waals surface area contributed by atoms with E-state index in [2.05, 4.69) is 81.5 Å². The fourth-order valence-electron chi connectivity index (χ4n) is 10.7. The molecule has 0 spiro atoms. The number of hydrogen-bond acceptors (Lipinski definition) is 6. The van der Waals surface area contributed by atoms with Crippen LogP contribution >= 0.6 is 0 Å². The lowest BCUT2D eigenvalue weighted by atomic mass is 10.0. The van der Waals surface area contributed by atoms with Crippen LogP contribution in [0.1, 0.15) is 380 Å². The molecule has 0 fully saturated rings. The first-order valence-electron chi connectivity index (χ1n) is 35.8. The SMILES string of the molecule is CC/C=C\C/C=C\C/C=C\C/C=C\CCCCCCCCCCCCCCCCCCCCC(=O)OCC(COC(=O)CCCCCCCCCCCCCCCC)OC(=O)CCCCCCCCC/C=C\CCCCCCCCC. The van der Waals surface area contributed by atoms with Gasteiger partial charge in [0.15, 0.2) is 6.10 Å². The lowest BCUT2D eigenvalue weighted by Crippen LogP contribution is -2.30. The van der Waals surface area contributed by atoms with E-state index in [1.54, 1.807) is 0 Å². The van der Waals surface area contributed by atoms with Crippen molar-refractivity contribution in [1.29, 1.82) is 0 Å². The van der Waals surface area contributed by atoms with Gasteiger partial charge in [-0.25, -0.2) is 0 Å². The first-order chi connectivity index (χ1) is 40.0. The molecule has 0 rings (SSSR count). The van der Waals surface area contributed by atoms with Crippen molar-refractivity contribution in [1.82, 2.24) is 0 Å². The van der Waals surface area contributed by atoms with Crippen LogP contribution in [0.15, 0.2) is 60.8 Å². The summed E-state index contributed by atoms with van der Waals surface area (Å²) < 4.78 is 17.0. The lowest BCUT2D eigenvalue weighted by Gasteiger charge is -2.18. The first kappa shape index (κ1) is 78.1. The fourth-order valence-corrected chi connectivity index (χ4v) is 10.7. The Morgan fingerprint density at radius 1 is 0.259 bits per heavy atom. The van der Waals surface area contributed by atoms with Gasteiger partial charge in [-0.2, -0.15) is 0 Å². The third-order valence-corrected chi connectivity index (χ3v) is 16.0. The van der Waals surface area contributed by atoms with Crippen molar-refractivity contribution in [3.63, 3.8) is 0 Å². The largest absolute Gasteiger partial charge is 0.462 e. The third-order valence-electron chi connectivity index (χ3n) is 16.0. The number of ether oxygens (including phenoxy) is 3. The molecule has 0 heterocycles. The number of hydrogen-bond donors (Lipinski definition) is 0. The van der Waals surface area contributed by atoms with Crippen LogP contribution in [0.25, 0.3) is 0 Å². The zero-order valence-electron chi connectivity index (χ0n) is 54.3. The normalized spacial score (nSPS) is 12.4. The summed E-state index contributed by atoms with van der Waals surface area (Å²) in [5.74, 6) is -0.847. The smallest absolute Gasteiger partial charge is 0.306 e. The Labute approximate surface area is 504 Å². The van der Waals surface area contributed by atoms with Crippen LogP contribution < -0.4 is 0 Å². The van der Waals surface area contributed by atoms with Gasteiger partial charge < -0.3 is 14.2 Å². The molecule has 472 valence electrons. The molecule has 6 nitrogen and oxygen atoms in total. The Balaban J connectivity index is 4.18. The highest BCUT2D eigenvalue weighted by molar-refractivity contribution is 5.71. The summed E-state index contributed by atoms with van der Waals surface area (Å²) >= 11 is 0. The Hall–Kier alpha value is -2.89. The van der Waals surface area contributed by atoms with Crippen LogP contribution in [0.5, 0.6) is 0 Å². The van der Waals surface area contributed by atoms with E-state index in [-0.39, 0.29) is 31.1 Å². The van der Waals surface area contributed by atoms with E-state index in [0.29, 0.717) is 19.3 Å². The van der Waals surface area contributed by atoms with Crippen LogP contribution in [0.3, 0.4) is 0 Å². The molecule has 0 saturated heterocycles. The molecule has 0 radical (unpaired) electrons. The van der Waals surface area contributed by atoms with Crippen molar-refractivity contribution in [2.45, 2.75) is 386 Å². The first-order valence-corrected chi connectivity index (χ1v) is 35.8. The van der Waals surface area contributed by atoms with Crippen LogP contribution in [-0.2, 0) is 28.6 Å². The monoisotopic (exact) mass is 1130 g/mol. The van der Waals surface area contributed by atoms with Crippen molar-refractivity contribution < 1.29 is 28.6 Å². The zero-order valence-corrected chi connectivity index (χ0v) is 54.3. The average Bonchev–Trinajstić information content (AvgIpc) is 3.47. The van der Waals surface area contributed by atoms with Crippen LogP contribution in [-0.4, -0.2) is 37.2 Å². The second-order valence-electron chi connectivity index (χ2n) is 24.1. The summed E-state index contributed by atoms with van der Waals surface area (Å²) in [4.78, 5) is 38.4. The van der Waals surface area contributed by atoms with E-state index in [9.17, 15) is 14.4 Å². The minimum atomic E-state index is -0.773. The number of rotatable bonds is 66. The van der Waals surface area contributed by atoms with E-state index in [0.717, 1.165) is 83.5 Å². The van der Waals surface area contributed by atoms with E-state index in [4.69, 9.17) is 14.2 Å². The van der Waals surface area contributed by atoms with Crippen LogP contribution in [0.2, 0.25) is 0 Å². The third kappa shape index (κ3) is 67.8. The van der Waals surface area contributed by atoms with Gasteiger partial charge in [-0.1, -0.05) is 338 Å². The summed E-state index contributed by atoms with van der Waals surface area (Å²) in [5, 5.41) is 0. The van der Waals surface area contributed by atoms with E-state index < -0.39 is 6.10 Å². The second kappa shape index (κ2) is 69.6. The quantitative estimate of drug-likeness (QED) is 0.0261. The number of carbonyl (C=O) groups is 3. The molecular weight excluding hydrogens is 997 g/mol. The highest BCUT2D eigenvalue weighted by Crippen LogP contribution is 2.18. The maximum atomic E-state index is 12.9. The van der Waals surface area contributed by atoms with Gasteiger partial charge in [0.25, 0.3) is 0 Å². The molecule has 0 bridgehead atoms. The zero-order chi connectivity index (χ0) is 58.5. The molecule has 1 unspecified atom stereocenters. The van der Waals surface area contributed by atoms with Crippen molar-refractivity contribution in [3.05, 3.63) is 60.8 Å². The molecule has 1 atom stereocenters. The highest BCUT2D eigenvalue weighted by atomic mass is 16.6. The topological polar surface area (TPSA) is 78.9 Å². The van der Waals surface area contributed by atoms with Gasteiger partial charge in [0.05, 0.1) is 0 Å². The van der Waals surface area contributed by atoms with Gasteiger partial charge in [-0.3, -0.25) is 14.4 Å². The average molecular weight is 1130 g/mol. The number of allylic oxidation sites excluding steroid dienone is 10. The van der Waals surface area contributed by atoms with E-state index >= 15 is 0 Å². The molecule has 0 aliphatic rings. The summed E-state index contributed by atoms with van der Waals surface area (Å²) in [6.45, 7) is 6.59. The molecule has 81 heavy (non-hydrogen) atoms. The van der Waals surface area contributed by atoms with Gasteiger partial charge in [-0.05, 0) is 83.5 Å². The van der Waals surface area contributed by atoms with Crippen LogP contribution in [0.4, 0.5) is 0 Å². The number of carbonyl (C=O) groups excluding carboxylic acids is 3. The van der Waals surface area contributed by atoms with E-state index in [1.165, 1.54) is 257 Å². The molecule has 0 aromatic carbocycles. The highest BCUT2D eigenvalue weighted by Gasteiger charge is 2.19. The fraction of sp³-hybridized carbons (Fsp3) is 0.827. The maximum Gasteiger partial charge on any atom is 0.306 e.